The Morgan fingerprint density at radius 2 is 1.57 bits per heavy atom. The van der Waals surface area contributed by atoms with E-state index in [4.69, 9.17) is 0 Å². The van der Waals surface area contributed by atoms with Crippen molar-refractivity contribution in [2.75, 3.05) is 0 Å². The number of para-hydroxylation sites is 2. The van der Waals surface area contributed by atoms with Crippen molar-refractivity contribution in [1.82, 2.24) is 10.4 Å². The summed E-state index contributed by atoms with van der Waals surface area (Å²) in [5.74, 6) is -1.18. The van der Waals surface area contributed by atoms with Crippen LogP contribution in [0.1, 0.15) is 15.9 Å². The van der Waals surface area contributed by atoms with E-state index in [9.17, 15) is 14.7 Å². The van der Waals surface area contributed by atoms with Gasteiger partial charge in [-0.2, -0.15) is 5.01 Å². The molecule has 148 valence electrons. The molecule has 0 bridgehead atoms. The summed E-state index contributed by atoms with van der Waals surface area (Å²) in [6, 6.07) is 24.7. The molecule has 0 spiro atoms. The first-order valence-corrected chi connectivity index (χ1v) is 9.95. The number of hydrazine groups is 1. The highest BCUT2D eigenvalue weighted by Crippen LogP contribution is 2.33. The number of phenols is 1. The van der Waals surface area contributed by atoms with Crippen LogP contribution >= 0.6 is 11.8 Å². The molecule has 0 saturated carbocycles. The highest BCUT2D eigenvalue weighted by molar-refractivity contribution is 8.18. The van der Waals surface area contributed by atoms with E-state index < -0.39 is 11.8 Å². The first-order valence-electron chi connectivity index (χ1n) is 9.13. The second kappa shape index (κ2) is 8.67. The second-order valence-corrected chi connectivity index (χ2v) is 7.36. The fraction of sp³-hybridized carbons (Fsp3) is 0. The smallest absolute Gasteiger partial charge is 0.285 e. The molecule has 0 aromatic heterocycles. The van der Waals surface area contributed by atoms with Gasteiger partial charge in [-0.05, 0) is 47.7 Å². The van der Waals surface area contributed by atoms with Gasteiger partial charge in [0.25, 0.3) is 11.8 Å². The zero-order chi connectivity index (χ0) is 20.9. The van der Waals surface area contributed by atoms with Crippen LogP contribution in [0.4, 0.5) is 5.69 Å². The number of hydrogen-bond acceptors (Lipinski definition) is 5. The molecule has 0 radical (unpaired) electrons. The van der Waals surface area contributed by atoms with Gasteiger partial charge < -0.3 is 5.11 Å². The monoisotopic (exact) mass is 415 g/mol. The quantitative estimate of drug-likeness (QED) is 0.621. The Morgan fingerprint density at radius 3 is 2.27 bits per heavy atom. The van der Waals surface area contributed by atoms with Gasteiger partial charge in [-0.3, -0.25) is 15.0 Å². The molecule has 1 heterocycles. The van der Waals surface area contributed by atoms with E-state index in [0.29, 0.717) is 15.8 Å². The van der Waals surface area contributed by atoms with Gasteiger partial charge in [0.1, 0.15) is 5.75 Å². The lowest BCUT2D eigenvalue weighted by atomic mass is 10.2. The second-order valence-electron chi connectivity index (χ2n) is 6.35. The van der Waals surface area contributed by atoms with Gasteiger partial charge in [0, 0.05) is 0 Å². The Kier molecular flexibility index (Phi) is 5.63. The van der Waals surface area contributed by atoms with Gasteiger partial charge in [-0.1, -0.05) is 60.7 Å². The van der Waals surface area contributed by atoms with Crippen molar-refractivity contribution in [3.8, 4) is 5.75 Å². The molecule has 0 aliphatic carbocycles. The lowest BCUT2D eigenvalue weighted by Gasteiger charge is -2.17. The number of thioether (sulfide) groups is 1. The van der Waals surface area contributed by atoms with Crippen LogP contribution in [-0.4, -0.2) is 27.1 Å². The lowest BCUT2D eigenvalue weighted by molar-refractivity contribution is -0.123. The minimum Gasteiger partial charge on any atom is -0.507 e. The van der Waals surface area contributed by atoms with Gasteiger partial charge in [0.05, 0.1) is 16.2 Å². The molecule has 1 aliphatic rings. The molecular formula is C23H17N3O3S. The Balaban J connectivity index is 1.68. The molecule has 1 aliphatic heterocycles. The normalized spacial score (nSPS) is 16.3. The maximum atomic E-state index is 13.0. The predicted molar refractivity (Wildman–Crippen MR) is 118 cm³/mol. The van der Waals surface area contributed by atoms with Crippen LogP contribution in [0.5, 0.6) is 5.75 Å². The zero-order valence-corrected chi connectivity index (χ0v) is 16.5. The van der Waals surface area contributed by atoms with Crippen molar-refractivity contribution < 1.29 is 14.7 Å². The topological polar surface area (TPSA) is 82.0 Å². The zero-order valence-electron chi connectivity index (χ0n) is 15.7. The van der Waals surface area contributed by atoms with Crippen LogP contribution in [0.25, 0.3) is 6.08 Å². The molecular weight excluding hydrogens is 398 g/mol. The van der Waals surface area contributed by atoms with Crippen molar-refractivity contribution in [2.24, 2.45) is 4.99 Å². The minimum atomic E-state index is -0.608. The number of amides is 2. The molecule has 7 heteroatoms. The fourth-order valence-electron chi connectivity index (χ4n) is 2.79. The molecule has 1 saturated heterocycles. The van der Waals surface area contributed by atoms with E-state index >= 15 is 0 Å². The summed E-state index contributed by atoms with van der Waals surface area (Å²) in [4.78, 5) is 30.7. The molecule has 1 fully saturated rings. The molecule has 3 aromatic carbocycles. The van der Waals surface area contributed by atoms with Gasteiger partial charge in [-0.15, -0.1) is 0 Å². The lowest BCUT2D eigenvalue weighted by Crippen LogP contribution is -2.45. The van der Waals surface area contributed by atoms with E-state index in [1.165, 1.54) is 23.9 Å². The van der Waals surface area contributed by atoms with Crippen LogP contribution < -0.4 is 5.43 Å². The van der Waals surface area contributed by atoms with Gasteiger partial charge in [0.2, 0.25) is 0 Å². The summed E-state index contributed by atoms with van der Waals surface area (Å²) >= 11 is 1.17. The third kappa shape index (κ3) is 4.26. The third-order valence-corrected chi connectivity index (χ3v) is 5.22. The van der Waals surface area contributed by atoms with E-state index in [1.807, 2.05) is 48.5 Å². The number of amidine groups is 1. The standard InChI is InChI=1S/C23H17N3O3S/c27-19-14-8-7-13-18(19)21(28)25-26-22(29)20(15-16-9-3-1-4-10-16)30-23(26)24-17-11-5-2-6-12-17/h1-15,27H,(H,25,28)/b20-15+,24-23?. The summed E-state index contributed by atoms with van der Waals surface area (Å²) in [5, 5.41) is 11.4. The molecule has 0 unspecified atom stereocenters. The van der Waals surface area contributed by atoms with Crippen molar-refractivity contribution in [2.45, 2.75) is 0 Å². The Labute approximate surface area is 177 Å². The van der Waals surface area contributed by atoms with Crippen LogP contribution in [0.15, 0.2) is 94.8 Å². The number of nitrogens with zero attached hydrogens (tertiary/aromatic N) is 2. The molecule has 30 heavy (non-hydrogen) atoms. The average Bonchev–Trinajstić information content (AvgIpc) is 3.04. The van der Waals surface area contributed by atoms with Crippen LogP contribution in [0.2, 0.25) is 0 Å². The minimum absolute atomic E-state index is 0.0647. The number of aromatic hydroxyl groups is 1. The Hall–Kier alpha value is -3.84. The summed E-state index contributed by atoms with van der Waals surface area (Å²) in [6.07, 6.45) is 1.75. The molecule has 3 aromatic rings. The van der Waals surface area contributed by atoms with Crippen LogP contribution in [-0.2, 0) is 4.79 Å². The maximum Gasteiger partial charge on any atom is 0.285 e. The van der Waals surface area contributed by atoms with E-state index in [0.717, 1.165) is 10.6 Å². The summed E-state index contributed by atoms with van der Waals surface area (Å²) in [7, 11) is 0. The van der Waals surface area contributed by atoms with Crippen LogP contribution in [0, 0.1) is 0 Å². The molecule has 2 N–H and O–H groups in total. The average molecular weight is 415 g/mol. The van der Waals surface area contributed by atoms with E-state index in [1.54, 1.807) is 30.3 Å². The molecule has 0 atom stereocenters. The summed E-state index contributed by atoms with van der Waals surface area (Å²) in [5.41, 5.74) is 4.14. The predicted octanol–water partition coefficient (Wildman–Crippen LogP) is 4.34. The first kappa shape index (κ1) is 19.5. The number of aliphatic imine (C=N–C) groups is 1. The van der Waals surface area contributed by atoms with E-state index in [2.05, 4.69) is 10.4 Å². The number of benzene rings is 3. The van der Waals surface area contributed by atoms with Crippen molar-refractivity contribution in [3.05, 3.63) is 101 Å². The van der Waals surface area contributed by atoms with E-state index in [-0.39, 0.29) is 11.3 Å². The number of phenolic OH excluding ortho intramolecular Hbond substituents is 1. The first-order chi connectivity index (χ1) is 14.6. The highest BCUT2D eigenvalue weighted by atomic mass is 32.2. The maximum absolute atomic E-state index is 13.0. The fourth-order valence-corrected chi connectivity index (χ4v) is 3.73. The number of carbonyl (C=O) groups is 2. The van der Waals surface area contributed by atoms with Crippen molar-refractivity contribution >= 4 is 40.5 Å². The number of rotatable bonds is 4. The van der Waals surface area contributed by atoms with Crippen molar-refractivity contribution in [3.63, 3.8) is 0 Å². The van der Waals surface area contributed by atoms with Gasteiger partial charge in [0.15, 0.2) is 5.17 Å². The Bertz CT molecular complexity index is 1140. The summed E-state index contributed by atoms with van der Waals surface area (Å²) < 4.78 is 0. The van der Waals surface area contributed by atoms with Gasteiger partial charge >= 0.3 is 0 Å². The van der Waals surface area contributed by atoms with Crippen molar-refractivity contribution in [1.29, 1.82) is 0 Å². The SMILES string of the molecule is O=C(NN1C(=O)/C(=C\c2ccccc2)SC1=Nc1ccccc1)c1ccccc1O. The highest BCUT2D eigenvalue weighted by Gasteiger charge is 2.35. The third-order valence-electron chi connectivity index (χ3n) is 4.25. The molecule has 4 rings (SSSR count). The number of nitrogens with one attached hydrogen (secondary N) is 1. The largest absolute Gasteiger partial charge is 0.507 e. The van der Waals surface area contributed by atoms with Crippen LogP contribution in [0.3, 0.4) is 0 Å². The molecule has 6 nitrogen and oxygen atoms in total. The number of carbonyl (C=O) groups excluding carboxylic acids is 2. The molecule has 2 amide bonds. The van der Waals surface area contributed by atoms with Gasteiger partial charge in [-0.25, -0.2) is 4.99 Å². The Morgan fingerprint density at radius 1 is 0.933 bits per heavy atom. The number of hydrogen-bond donors (Lipinski definition) is 2. The summed E-state index contributed by atoms with van der Waals surface area (Å²) in [6.45, 7) is 0.